The molecule has 0 saturated heterocycles. The molecule has 0 radical (unpaired) electrons. The topological polar surface area (TPSA) is 108 Å². The van der Waals surface area contributed by atoms with Crippen LogP contribution in [0.15, 0.2) is 0 Å². The lowest BCUT2D eigenvalue weighted by Gasteiger charge is -2.30. The molecule has 8 heteroatoms. The maximum Gasteiger partial charge on any atom is 0.243 e. The second-order valence-corrected chi connectivity index (χ2v) is 7.82. The van der Waals surface area contributed by atoms with Crippen molar-refractivity contribution in [1.29, 1.82) is 0 Å². The summed E-state index contributed by atoms with van der Waals surface area (Å²) in [5.74, 6) is -0.863. The van der Waals surface area contributed by atoms with Crippen LogP contribution in [-0.4, -0.2) is 60.7 Å². The quantitative estimate of drug-likeness (QED) is 0.514. The second-order valence-electron chi connectivity index (χ2n) is 7.82. The first kappa shape index (κ1) is 24.9. The van der Waals surface area contributed by atoms with Crippen molar-refractivity contribution >= 4 is 23.6 Å². The third-order valence-corrected chi connectivity index (χ3v) is 4.19. The van der Waals surface area contributed by atoms with E-state index in [1.165, 1.54) is 11.9 Å². The van der Waals surface area contributed by atoms with Crippen LogP contribution in [0, 0.1) is 11.8 Å². The average molecular weight is 385 g/mol. The number of hydrogen-bond donors (Lipinski definition) is 3. The number of carbonyl (C=O) groups excluding carboxylic acids is 4. The lowest BCUT2D eigenvalue weighted by atomic mass is 10.0. The summed E-state index contributed by atoms with van der Waals surface area (Å²) >= 11 is 0. The van der Waals surface area contributed by atoms with E-state index in [4.69, 9.17) is 0 Å². The monoisotopic (exact) mass is 384 g/mol. The van der Waals surface area contributed by atoms with Gasteiger partial charge < -0.3 is 20.9 Å². The summed E-state index contributed by atoms with van der Waals surface area (Å²) in [6.07, 6.45) is 0.854. The molecule has 4 amide bonds. The zero-order chi connectivity index (χ0) is 21.3. The molecule has 8 nitrogen and oxygen atoms in total. The van der Waals surface area contributed by atoms with E-state index in [9.17, 15) is 19.2 Å². The Hall–Kier alpha value is -2.12. The molecule has 0 spiro atoms. The molecule has 0 aliphatic carbocycles. The van der Waals surface area contributed by atoms with Crippen LogP contribution >= 0.6 is 0 Å². The SMILES string of the molecule is CNC(=O)C(C)NC(=O)C(C)NC(=O)C(CC(C)C)N(C)C(=O)CC(C)C. The zero-order valence-electron chi connectivity index (χ0n) is 17.9. The molecule has 0 aromatic heterocycles. The van der Waals surface area contributed by atoms with Gasteiger partial charge in [-0.05, 0) is 32.1 Å². The third-order valence-electron chi connectivity index (χ3n) is 4.19. The van der Waals surface area contributed by atoms with Crippen LogP contribution in [0.5, 0.6) is 0 Å². The maximum atomic E-state index is 12.7. The molecule has 0 aromatic rings. The molecule has 3 atom stereocenters. The largest absolute Gasteiger partial charge is 0.357 e. The Balaban J connectivity index is 5.04. The Kier molecular flexibility index (Phi) is 10.7. The van der Waals surface area contributed by atoms with Crippen LogP contribution in [-0.2, 0) is 19.2 Å². The van der Waals surface area contributed by atoms with Crippen molar-refractivity contribution in [3.05, 3.63) is 0 Å². The minimum atomic E-state index is -0.826. The van der Waals surface area contributed by atoms with Gasteiger partial charge in [0, 0.05) is 20.5 Å². The van der Waals surface area contributed by atoms with E-state index in [0.717, 1.165) is 0 Å². The number of likely N-dealkylation sites (N-methyl/N-ethyl adjacent to an activating group) is 2. The van der Waals surface area contributed by atoms with Crippen LogP contribution in [0.2, 0.25) is 0 Å². The van der Waals surface area contributed by atoms with E-state index in [1.54, 1.807) is 20.9 Å². The molecule has 0 aromatic carbocycles. The summed E-state index contributed by atoms with van der Waals surface area (Å²) in [5.41, 5.74) is 0. The summed E-state index contributed by atoms with van der Waals surface area (Å²) in [5, 5.41) is 7.65. The van der Waals surface area contributed by atoms with Crippen molar-refractivity contribution in [3.8, 4) is 0 Å². The van der Waals surface area contributed by atoms with E-state index in [-0.39, 0.29) is 29.6 Å². The minimum Gasteiger partial charge on any atom is -0.357 e. The molecule has 3 unspecified atom stereocenters. The Labute approximate surface area is 162 Å². The summed E-state index contributed by atoms with van der Waals surface area (Å²) in [6, 6.07) is -2.18. The van der Waals surface area contributed by atoms with Crippen LogP contribution in [0.25, 0.3) is 0 Å². The number of rotatable bonds is 10. The van der Waals surface area contributed by atoms with Gasteiger partial charge in [-0.15, -0.1) is 0 Å². The molecule has 0 saturated carbocycles. The van der Waals surface area contributed by atoms with Crippen molar-refractivity contribution in [1.82, 2.24) is 20.9 Å². The first-order valence-corrected chi connectivity index (χ1v) is 9.48. The summed E-state index contributed by atoms with van der Waals surface area (Å²) in [4.78, 5) is 50.3. The third kappa shape index (κ3) is 8.88. The lowest BCUT2D eigenvalue weighted by molar-refractivity contribution is -0.141. The van der Waals surface area contributed by atoms with Crippen LogP contribution < -0.4 is 16.0 Å². The van der Waals surface area contributed by atoms with Gasteiger partial charge in [-0.3, -0.25) is 19.2 Å². The van der Waals surface area contributed by atoms with Crippen molar-refractivity contribution in [3.63, 3.8) is 0 Å². The Bertz CT molecular complexity index is 534. The molecule has 156 valence electrons. The summed E-state index contributed by atoms with van der Waals surface area (Å²) in [7, 11) is 3.10. The van der Waals surface area contributed by atoms with E-state index in [2.05, 4.69) is 16.0 Å². The number of carbonyl (C=O) groups is 4. The van der Waals surface area contributed by atoms with Gasteiger partial charge in [0.25, 0.3) is 0 Å². The summed E-state index contributed by atoms with van der Waals surface area (Å²) < 4.78 is 0. The van der Waals surface area contributed by atoms with E-state index in [0.29, 0.717) is 12.8 Å². The highest BCUT2D eigenvalue weighted by molar-refractivity contribution is 5.93. The normalized spacial score (nSPS) is 14.3. The van der Waals surface area contributed by atoms with E-state index in [1.807, 2.05) is 27.7 Å². The van der Waals surface area contributed by atoms with Crippen LogP contribution in [0.4, 0.5) is 0 Å². The van der Waals surface area contributed by atoms with Gasteiger partial charge in [-0.1, -0.05) is 27.7 Å². The number of hydrogen-bond acceptors (Lipinski definition) is 4. The molecular weight excluding hydrogens is 348 g/mol. The van der Waals surface area contributed by atoms with Crippen LogP contribution in [0.3, 0.4) is 0 Å². The number of amides is 4. The highest BCUT2D eigenvalue weighted by Gasteiger charge is 2.30. The number of nitrogens with zero attached hydrogens (tertiary/aromatic N) is 1. The first-order valence-electron chi connectivity index (χ1n) is 9.48. The van der Waals surface area contributed by atoms with Gasteiger partial charge >= 0.3 is 0 Å². The number of nitrogens with one attached hydrogen (secondary N) is 3. The van der Waals surface area contributed by atoms with Crippen molar-refractivity contribution in [2.45, 2.75) is 72.5 Å². The fraction of sp³-hybridized carbons (Fsp3) is 0.789. The fourth-order valence-corrected chi connectivity index (χ4v) is 2.55. The lowest BCUT2D eigenvalue weighted by Crippen LogP contribution is -2.55. The zero-order valence-corrected chi connectivity index (χ0v) is 17.9. The van der Waals surface area contributed by atoms with Crippen molar-refractivity contribution in [2.75, 3.05) is 14.1 Å². The maximum absolute atomic E-state index is 12.7. The molecule has 0 heterocycles. The standard InChI is InChI=1S/C19H36N4O4/c1-11(2)9-15(23(8)16(24)10-12(3)4)19(27)22-14(6)18(26)21-13(5)17(25)20-7/h11-15H,9-10H2,1-8H3,(H,20,25)(H,21,26)(H,22,27). The van der Waals surface area contributed by atoms with E-state index >= 15 is 0 Å². The molecule has 0 bridgehead atoms. The van der Waals surface area contributed by atoms with Crippen LogP contribution in [0.1, 0.15) is 54.4 Å². The molecule has 0 fully saturated rings. The predicted molar refractivity (Wildman–Crippen MR) is 105 cm³/mol. The van der Waals surface area contributed by atoms with Gasteiger partial charge in [-0.25, -0.2) is 0 Å². The summed E-state index contributed by atoms with van der Waals surface area (Å²) in [6.45, 7) is 11.0. The Morgan fingerprint density at radius 1 is 0.778 bits per heavy atom. The molecule has 0 aliphatic heterocycles. The minimum absolute atomic E-state index is 0.101. The first-order chi connectivity index (χ1) is 12.4. The molecule has 0 rings (SSSR count). The van der Waals surface area contributed by atoms with Gasteiger partial charge in [0.05, 0.1) is 0 Å². The van der Waals surface area contributed by atoms with Crippen molar-refractivity contribution < 1.29 is 19.2 Å². The van der Waals surface area contributed by atoms with Gasteiger partial charge in [0.15, 0.2) is 0 Å². The fourth-order valence-electron chi connectivity index (χ4n) is 2.55. The van der Waals surface area contributed by atoms with Gasteiger partial charge in [0.2, 0.25) is 23.6 Å². The van der Waals surface area contributed by atoms with Gasteiger partial charge in [-0.2, -0.15) is 0 Å². The van der Waals surface area contributed by atoms with E-state index < -0.39 is 24.0 Å². The average Bonchev–Trinajstić information content (AvgIpc) is 2.56. The molecule has 0 aliphatic rings. The molecule has 3 N–H and O–H groups in total. The second kappa shape index (κ2) is 11.6. The predicted octanol–water partition coefficient (Wildman–Crippen LogP) is 0.661. The molecular formula is C19H36N4O4. The molecule has 27 heavy (non-hydrogen) atoms. The smallest absolute Gasteiger partial charge is 0.243 e. The van der Waals surface area contributed by atoms with Crippen molar-refractivity contribution in [2.24, 2.45) is 11.8 Å². The highest BCUT2D eigenvalue weighted by Crippen LogP contribution is 2.14. The van der Waals surface area contributed by atoms with Gasteiger partial charge in [0.1, 0.15) is 18.1 Å². The highest BCUT2D eigenvalue weighted by atomic mass is 16.2. The Morgan fingerprint density at radius 2 is 1.26 bits per heavy atom. The Morgan fingerprint density at radius 3 is 1.70 bits per heavy atom.